The summed E-state index contributed by atoms with van der Waals surface area (Å²) < 4.78 is 23.7. The molecule has 1 aliphatic heterocycles. The molecule has 94 heavy (non-hydrogen) atoms. The van der Waals surface area contributed by atoms with Gasteiger partial charge in [-0.3, -0.25) is 9.13 Å². The number of hydrogen-bond donors (Lipinski definition) is 0. The summed E-state index contributed by atoms with van der Waals surface area (Å²) in [5.41, 5.74) is 20.3. The van der Waals surface area contributed by atoms with Crippen LogP contribution in [-0.4, -0.2) is 30.1 Å². The molecule has 438 valence electrons. The van der Waals surface area contributed by atoms with Crippen LogP contribution in [0, 0.1) is 0 Å². The Bertz CT molecular complexity index is 6300. The molecular weight excluding hydrogens is 1150 g/mol. The van der Waals surface area contributed by atoms with Gasteiger partial charge in [0.25, 0.3) is 0 Å². The molecule has 2 atom stereocenters. The molecule has 21 rings (SSSR count). The maximum Gasteiger partial charge on any atom is 0.240 e. The average molecular weight is 1200 g/mol. The van der Waals surface area contributed by atoms with E-state index in [1.807, 2.05) is 36.4 Å². The van der Waals surface area contributed by atoms with Crippen LogP contribution in [0.1, 0.15) is 17.0 Å². The van der Waals surface area contributed by atoms with Crippen molar-refractivity contribution < 1.29 is 13.3 Å². The minimum Gasteiger partial charge on any atom is -0.456 e. The normalized spacial score (nSPS) is 14.8. The van der Waals surface area contributed by atoms with E-state index in [9.17, 15) is 0 Å². The predicted molar refractivity (Wildman–Crippen MR) is 383 cm³/mol. The van der Waals surface area contributed by atoms with E-state index < -0.39 is 0 Å². The Morgan fingerprint density at radius 1 is 0.298 bits per heavy atom. The van der Waals surface area contributed by atoms with Crippen LogP contribution in [0.4, 0.5) is 11.4 Å². The molecule has 1 aliphatic carbocycles. The van der Waals surface area contributed by atoms with Crippen molar-refractivity contribution in [2.75, 3.05) is 4.90 Å². The van der Waals surface area contributed by atoms with Crippen molar-refractivity contribution in [3.05, 3.63) is 302 Å². The van der Waals surface area contributed by atoms with Crippen LogP contribution in [0.15, 0.2) is 304 Å². The molecule has 0 amide bonds. The zero-order chi connectivity index (χ0) is 61.3. The predicted octanol–water partition coefficient (Wildman–Crippen LogP) is 22.2. The van der Waals surface area contributed by atoms with Crippen LogP contribution in [0.5, 0.6) is 0 Å². The number of furan rings is 3. The van der Waals surface area contributed by atoms with Gasteiger partial charge in [-0.1, -0.05) is 182 Å². The van der Waals surface area contributed by atoms with Gasteiger partial charge in [-0.25, -0.2) is 0 Å². The van der Waals surface area contributed by atoms with Crippen LogP contribution in [-0.2, 0) is 0 Å². The maximum atomic E-state index is 6.41. The monoisotopic (exact) mass is 1200 g/mol. The number of allylic oxidation sites excluding steroid dienone is 2. The molecule has 7 heterocycles. The lowest BCUT2D eigenvalue weighted by molar-refractivity contribution is 0.668. The summed E-state index contributed by atoms with van der Waals surface area (Å²) in [7, 11) is 0. The smallest absolute Gasteiger partial charge is 0.240 e. The Hall–Kier alpha value is -12.6. The molecule has 0 bridgehead atoms. The van der Waals surface area contributed by atoms with Crippen molar-refractivity contribution in [2.24, 2.45) is 0 Å². The van der Waals surface area contributed by atoms with Gasteiger partial charge in [-0.2, -0.15) is 15.0 Å². The molecule has 2 unspecified atom stereocenters. The van der Waals surface area contributed by atoms with E-state index in [2.05, 4.69) is 269 Å². The second-order valence-corrected chi connectivity index (χ2v) is 25.0. The molecule has 0 radical (unpaired) electrons. The van der Waals surface area contributed by atoms with Gasteiger partial charge in [-0.05, 0) is 154 Å². The Morgan fingerprint density at radius 2 is 0.723 bits per heavy atom. The van der Waals surface area contributed by atoms with E-state index in [-0.39, 0.29) is 12.0 Å². The van der Waals surface area contributed by atoms with E-state index in [0.717, 1.165) is 159 Å². The van der Waals surface area contributed by atoms with Crippen molar-refractivity contribution in [2.45, 2.75) is 12.0 Å². The fraction of sp³-hybridized carbons (Fsp3) is 0.0235. The lowest BCUT2D eigenvalue weighted by atomic mass is 9.86. The fourth-order valence-electron chi connectivity index (χ4n) is 15.6. The fourth-order valence-corrected chi connectivity index (χ4v) is 15.6. The molecule has 2 aliphatic rings. The number of nitrogens with zero attached hydrogens (tertiary/aromatic N) is 6. The van der Waals surface area contributed by atoms with Crippen LogP contribution >= 0.6 is 0 Å². The van der Waals surface area contributed by atoms with E-state index in [1.54, 1.807) is 0 Å². The summed E-state index contributed by atoms with van der Waals surface area (Å²) in [5.74, 6) is 1.66. The van der Waals surface area contributed by atoms with Gasteiger partial charge in [0.05, 0.1) is 28.1 Å². The minimum atomic E-state index is 0.0219. The number of anilines is 2. The first kappa shape index (κ1) is 51.2. The molecule has 0 saturated carbocycles. The number of aromatic nitrogens is 5. The number of benzene rings is 13. The largest absolute Gasteiger partial charge is 0.456 e. The second kappa shape index (κ2) is 19.5. The van der Waals surface area contributed by atoms with Crippen LogP contribution in [0.2, 0.25) is 0 Å². The lowest BCUT2D eigenvalue weighted by Crippen LogP contribution is -2.29. The highest BCUT2D eigenvalue weighted by atomic mass is 16.3. The zero-order valence-electron chi connectivity index (χ0n) is 50.3. The second-order valence-electron chi connectivity index (χ2n) is 25.0. The van der Waals surface area contributed by atoms with Gasteiger partial charge in [0.15, 0.2) is 5.82 Å². The highest BCUT2D eigenvalue weighted by Crippen LogP contribution is 2.52. The summed E-state index contributed by atoms with van der Waals surface area (Å²) >= 11 is 0. The molecule has 9 nitrogen and oxygen atoms in total. The lowest BCUT2D eigenvalue weighted by Gasteiger charge is -2.31. The highest BCUT2D eigenvalue weighted by molar-refractivity contribution is 6.14. The molecule has 9 heteroatoms. The summed E-state index contributed by atoms with van der Waals surface area (Å²) in [5, 5.41) is 13.1. The van der Waals surface area contributed by atoms with Gasteiger partial charge in [0.2, 0.25) is 11.9 Å². The highest BCUT2D eigenvalue weighted by Gasteiger charge is 2.39. The van der Waals surface area contributed by atoms with Crippen LogP contribution in [0.3, 0.4) is 0 Å². The minimum absolute atomic E-state index is 0.0219. The van der Waals surface area contributed by atoms with Crippen molar-refractivity contribution in [3.63, 3.8) is 0 Å². The Morgan fingerprint density at radius 3 is 1.29 bits per heavy atom. The molecule has 6 aromatic heterocycles. The summed E-state index contributed by atoms with van der Waals surface area (Å²) in [4.78, 5) is 19.5. The van der Waals surface area contributed by atoms with Gasteiger partial charge < -0.3 is 18.2 Å². The topological polar surface area (TPSA) is 91.2 Å². The molecule has 0 spiro atoms. The SMILES string of the molecule is C1=CC2C(C=C1c1ccc3c(c1)oc1ccccc13)c1ccccc1N2c1ccc(-c2nc(-n3c4ccccc4c4cc(-c5ccc6c(c5)oc5ccccc56)ccc43)nc(-n3c4ccccc4c4cc(-c5ccc6c(c5)oc5ccccc56)ccc43)n2)c2ccccc12. The standard InChI is InChI=1S/C85H50N6O3/c1-2-16-56-55(15-1)66(38-42-73(56)89-70-23-9-3-17-57(70)67-43-49(32-39-74(67)89)52-29-35-63-60-20-6-12-26-77(60)92-80(63)46-52)83-86-84(90-71-24-10-4-18-58(71)68-44-50(33-40-75(68)90)53-30-36-64-61-21-7-13-27-78(61)93-81(64)47-53)88-85(87-83)91-72-25-11-5-19-59(72)69-45-51(34-41-76(69)91)54-31-37-65-62-22-8-14-28-79(62)94-82(65)48-54/h1-48,67,74H. The van der Waals surface area contributed by atoms with Gasteiger partial charge in [0, 0.05) is 82.1 Å². The molecular formula is C85H50N6O3. The van der Waals surface area contributed by atoms with E-state index in [4.69, 9.17) is 28.2 Å². The summed E-state index contributed by atoms with van der Waals surface area (Å²) in [6, 6.07) is 97.2. The number of rotatable bonds is 7. The molecule has 13 aromatic carbocycles. The Kier molecular flexibility index (Phi) is 10.6. The third-order valence-electron chi connectivity index (χ3n) is 19.9. The van der Waals surface area contributed by atoms with Crippen molar-refractivity contribution in [1.29, 1.82) is 0 Å². The van der Waals surface area contributed by atoms with E-state index in [1.165, 1.54) is 16.8 Å². The number of fused-ring (bicyclic) bond motifs is 19. The van der Waals surface area contributed by atoms with Crippen molar-refractivity contribution in [3.8, 4) is 45.5 Å². The molecule has 0 saturated heterocycles. The van der Waals surface area contributed by atoms with Gasteiger partial charge in [0.1, 0.15) is 33.5 Å². The van der Waals surface area contributed by atoms with E-state index >= 15 is 0 Å². The first-order chi connectivity index (χ1) is 46.6. The zero-order valence-corrected chi connectivity index (χ0v) is 50.3. The average Bonchev–Trinajstić information content (AvgIpc) is 1.58. The molecule has 0 N–H and O–H groups in total. The van der Waals surface area contributed by atoms with Crippen molar-refractivity contribution in [1.82, 2.24) is 24.1 Å². The first-order valence-corrected chi connectivity index (χ1v) is 32.0. The quantitative estimate of drug-likeness (QED) is 0.157. The molecule has 19 aromatic rings. The third-order valence-corrected chi connectivity index (χ3v) is 19.9. The number of hydrogen-bond acceptors (Lipinski definition) is 7. The maximum absolute atomic E-state index is 6.41. The Labute approximate surface area is 536 Å². The summed E-state index contributed by atoms with van der Waals surface area (Å²) in [6.07, 6.45) is 7.13. The summed E-state index contributed by atoms with van der Waals surface area (Å²) in [6.45, 7) is 0. The van der Waals surface area contributed by atoms with Crippen LogP contribution < -0.4 is 4.90 Å². The van der Waals surface area contributed by atoms with Crippen LogP contribution in [0.25, 0.3) is 171 Å². The third kappa shape index (κ3) is 7.48. The van der Waals surface area contributed by atoms with Crippen molar-refractivity contribution >= 4 is 137 Å². The Balaban J connectivity index is 0.739. The van der Waals surface area contributed by atoms with Gasteiger partial charge in [-0.15, -0.1) is 0 Å². The van der Waals surface area contributed by atoms with E-state index in [0.29, 0.717) is 17.7 Å². The first-order valence-electron chi connectivity index (χ1n) is 32.0. The van der Waals surface area contributed by atoms with Gasteiger partial charge >= 0.3 is 0 Å². The number of para-hydroxylation sites is 6. The molecule has 0 fully saturated rings.